The van der Waals surface area contributed by atoms with Crippen molar-refractivity contribution in [2.24, 2.45) is 0 Å². The summed E-state index contributed by atoms with van der Waals surface area (Å²) in [6.45, 7) is 0.0777. The number of aromatic amines is 1. The van der Waals surface area contributed by atoms with Gasteiger partial charge < -0.3 is 19.2 Å². The molecule has 0 aliphatic carbocycles. The van der Waals surface area contributed by atoms with Crippen molar-refractivity contribution >= 4 is 57.6 Å². The summed E-state index contributed by atoms with van der Waals surface area (Å²) in [6.07, 6.45) is 3.04. The van der Waals surface area contributed by atoms with Crippen LogP contribution in [0.1, 0.15) is 21.7 Å². The van der Waals surface area contributed by atoms with E-state index < -0.39 is 17.1 Å². The summed E-state index contributed by atoms with van der Waals surface area (Å²) in [4.78, 5) is 44.1. The number of nitrogens with zero attached hydrogens (tertiary/aromatic N) is 3. The molecule has 5 rings (SSSR count). The van der Waals surface area contributed by atoms with Crippen LogP contribution in [0.15, 0.2) is 63.3 Å². The van der Waals surface area contributed by atoms with Crippen molar-refractivity contribution in [3.63, 3.8) is 0 Å². The molecule has 0 spiro atoms. The lowest BCUT2D eigenvalue weighted by Gasteiger charge is -2.13. The third-order valence-electron chi connectivity index (χ3n) is 5.85. The Morgan fingerprint density at radius 3 is 2.77 bits per heavy atom. The summed E-state index contributed by atoms with van der Waals surface area (Å²) in [6, 6.07) is 12.6. The van der Waals surface area contributed by atoms with Crippen LogP contribution in [0.4, 0.5) is 4.79 Å². The van der Waals surface area contributed by atoms with Gasteiger partial charge in [-0.05, 0) is 41.6 Å². The number of amides is 3. The number of H-pyrrole nitrogens is 1. The van der Waals surface area contributed by atoms with Gasteiger partial charge in [0.05, 0.1) is 19.1 Å². The molecule has 0 radical (unpaired) electrons. The number of furan rings is 1. The summed E-state index contributed by atoms with van der Waals surface area (Å²) in [5, 5.41) is 10.4. The van der Waals surface area contributed by atoms with E-state index in [1.807, 2.05) is 18.2 Å². The van der Waals surface area contributed by atoms with Gasteiger partial charge >= 0.3 is 0 Å². The highest BCUT2D eigenvalue weighted by Crippen LogP contribution is 2.34. The van der Waals surface area contributed by atoms with Gasteiger partial charge in [-0.2, -0.15) is 5.10 Å². The van der Waals surface area contributed by atoms with Gasteiger partial charge in [-0.15, -0.1) is 0 Å². The van der Waals surface area contributed by atoms with Gasteiger partial charge in [0.25, 0.3) is 17.1 Å². The maximum atomic E-state index is 13.1. The standard InChI is InChI=1S/C26H23N5O6S2/c1-35-19-8-7-15(11-20(19)36-2)12-21-24(33)31(26(34)39-21)10-9-27-23(32)22-17(13-38-25-28-14-29-30-25)16-5-3-4-6-18(16)37-22/h3-8,11-12,14H,9-10,13H2,1-2H3,(H,27,32)(H,28,29,30)/b21-12-. The molecule has 1 fully saturated rings. The fourth-order valence-electron chi connectivity index (χ4n) is 3.98. The molecule has 4 aromatic rings. The summed E-state index contributed by atoms with van der Waals surface area (Å²) >= 11 is 2.24. The third-order valence-corrected chi connectivity index (χ3v) is 7.66. The normalized spacial score (nSPS) is 14.4. The first kappa shape index (κ1) is 26.4. The Morgan fingerprint density at radius 1 is 1.18 bits per heavy atom. The van der Waals surface area contributed by atoms with Crippen molar-refractivity contribution in [2.75, 3.05) is 27.3 Å². The molecule has 39 heavy (non-hydrogen) atoms. The van der Waals surface area contributed by atoms with Crippen LogP contribution in [0, 0.1) is 0 Å². The minimum absolute atomic E-state index is 0.0159. The second-order valence-corrected chi connectivity index (χ2v) is 10.1. The number of carbonyl (C=O) groups is 3. The second-order valence-electron chi connectivity index (χ2n) is 8.19. The highest BCUT2D eigenvalue weighted by molar-refractivity contribution is 8.18. The number of carbonyl (C=O) groups excluding carboxylic acids is 3. The van der Waals surface area contributed by atoms with Gasteiger partial charge in [0.1, 0.15) is 11.9 Å². The molecule has 2 aromatic carbocycles. The topological polar surface area (TPSA) is 140 Å². The fraction of sp³-hybridized carbons (Fsp3) is 0.192. The van der Waals surface area contributed by atoms with Crippen molar-refractivity contribution < 1.29 is 28.3 Å². The van der Waals surface area contributed by atoms with Crippen LogP contribution < -0.4 is 14.8 Å². The Morgan fingerprint density at radius 2 is 2.00 bits per heavy atom. The SMILES string of the molecule is COc1ccc(/C=C2\SC(=O)N(CCNC(=O)c3oc4ccccc4c3CSc3ncn[nH]3)C2=O)cc1OC. The van der Waals surface area contributed by atoms with E-state index in [9.17, 15) is 14.4 Å². The molecule has 0 unspecified atom stereocenters. The summed E-state index contributed by atoms with van der Waals surface area (Å²) < 4.78 is 16.4. The Balaban J connectivity index is 1.25. The molecule has 200 valence electrons. The first-order chi connectivity index (χ1) is 19.0. The van der Waals surface area contributed by atoms with Gasteiger partial charge in [0, 0.05) is 29.8 Å². The largest absolute Gasteiger partial charge is 0.493 e. The van der Waals surface area contributed by atoms with Crippen LogP contribution in [0.2, 0.25) is 0 Å². The lowest BCUT2D eigenvalue weighted by molar-refractivity contribution is -0.122. The molecule has 0 saturated carbocycles. The zero-order valence-corrected chi connectivity index (χ0v) is 22.6. The van der Waals surface area contributed by atoms with E-state index in [2.05, 4.69) is 20.5 Å². The van der Waals surface area contributed by atoms with Crippen LogP contribution in [0.3, 0.4) is 0 Å². The number of para-hydroxylation sites is 1. The summed E-state index contributed by atoms with van der Waals surface area (Å²) in [5.41, 5.74) is 1.99. The Bertz CT molecular complexity index is 1570. The number of ether oxygens (including phenoxy) is 2. The van der Waals surface area contributed by atoms with E-state index in [-0.39, 0.29) is 23.8 Å². The average Bonchev–Trinajstić information content (AvgIpc) is 3.66. The van der Waals surface area contributed by atoms with Crippen molar-refractivity contribution in [3.8, 4) is 11.5 Å². The van der Waals surface area contributed by atoms with Crippen LogP contribution in [-0.4, -0.2) is 64.4 Å². The Labute approximate surface area is 231 Å². The summed E-state index contributed by atoms with van der Waals surface area (Å²) in [5.74, 6) is 0.804. The molecule has 2 N–H and O–H groups in total. The van der Waals surface area contributed by atoms with Gasteiger partial charge in [-0.25, -0.2) is 4.98 Å². The Hall–Kier alpha value is -4.23. The third kappa shape index (κ3) is 5.64. The van der Waals surface area contributed by atoms with Gasteiger partial charge in [0.15, 0.2) is 22.4 Å². The highest BCUT2D eigenvalue weighted by Gasteiger charge is 2.35. The zero-order valence-electron chi connectivity index (χ0n) is 20.9. The van der Waals surface area contributed by atoms with Gasteiger partial charge in [-0.1, -0.05) is 36.0 Å². The van der Waals surface area contributed by atoms with Crippen molar-refractivity contribution in [3.05, 3.63) is 70.6 Å². The van der Waals surface area contributed by atoms with Crippen LogP contribution >= 0.6 is 23.5 Å². The molecule has 0 atom stereocenters. The number of aromatic nitrogens is 3. The predicted molar refractivity (Wildman–Crippen MR) is 147 cm³/mol. The molecule has 1 saturated heterocycles. The first-order valence-electron chi connectivity index (χ1n) is 11.7. The number of benzene rings is 2. The van der Waals surface area contributed by atoms with E-state index in [4.69, 9.17) is 13.9 Å². The number of hydrogen-bond donors (Lipinski definition) is 2. The molecule has 13 heteroatoms. The monoisotopic (exact) mass is 565 g/mol. The van der Waals surface area contributed by atoms with Gasteiger partial charge in [-0.3, -0.25) is 24.4 Å². The van der Waals surface area contributed by atoms with Crippen LogP contribution in [0.5, 0.6) is 11.5 Å². The molecule has 0 bridgehead atoms. The maximum Gasteiger partial charge on any atom is 0.293 e. The number of fused-ring (bicyclic) bond motifs is 1. The van der Waals surface area contributed by atoms with E-state index in [1.54, 1.807) is 30.3 Å². The molecule has 2 aromatic heterocycles. The highest BCUT2D eigenvalue weighted by atomic mass is 32.2. The number of rotatable bonds is 10. The maximum absolute atomic E-state index is 13.1. The molecule has 3 heterocycles. The number of hydrogen-bond acceptors (Lipinski definition) is 10. The minimum Gasteiger partial charge on any atom is -0.493 e. The van der Waals surface area contributed by atoms with Crippen molar-refractivity contribution in [1.29, 1.82) is 0 Å². The fourth-order valence-corrected chi connectivity index (χ4v) is 5.65. The van der Waals surface area contributed by atoms with Crippen LogP contribution in [-0.2, 0) is 10.5 Å². The molecular formula is C26H23N5O6S2. The number of nitrogens with one attached hydrogen (secondary N) is 2. The first-order valence-corrected chi connectivity index (χ1v) is 13.5. The minimum atomic E-state index is -0.438. The zero-order chi connectivity index (χ0) is 27.4. The number of thioether (sulfide) groups is 2. The molecular weight excluding hydrogens is 542 g/mol. The molecule has 3 amide bonds. The van der Waals surface area contributed by atoms with E-state index in [0.29, 0.717) is 39.1 Å². The van der Waals surface area contributed by atoms with Crippen molar-refractivity contribution in [2.45, 2.75) is 10.9 Å². The molecule has 1 aliphatic rings. The molecule has 1 aliphatic heterocycles. The summed E-state index contributed by atoms with van der Waals surface area (Å²) in [7, 11) is 3.06. The van der Waals surface area contributed by atoms with Crippen LogP contribution in [0.25, 0.3) is 17.0 Å². The quantitative estimate of drug-likeness (QED) is 0.211. The lowest BCUT2D eigenvalue weighted by atomic mass is 10.1. The Kier molecular flexibility index (Phi) is 7.89. The molecule has 11 nitrogen and oxygen atoms in total. The van der Waals surface area contributed by atoms with E-state index in [0.717, 1.165) is 22.0 Å². The predicted octanol–water partition coefficient (Wildman–Crippen LogP) is 4.33. The van der Waals surface area contributed by atoms with E-state index >= 15 is 0 Å². The number of methoxy groups -OCH3 is 2. The lowest BCUT2D eigenvalue weighted by Crippen LogP contribution is -2.37. The smallest absolute Gasteiger partial charge is 0.293 e. The second kappa shape index (κ2) is 11.7. The number of imide groups is 1. The van der Waals surface area contributed by atoms with Crippen molar-refractivity contribution in [1.82, 2.24) is 25.4 Å². The average molecular weight is 566 g/mol. The van der Waals surface area contributed by atoms with E-state index in [1.165, 1.54) is 32.3 Å². The van der Waals surface area contributed by atoms with Gasteiger partial charge in [0.2, 0.25) is 0 Å².